The highest BCUT2D eigenvalue weighted by Crippen LogP contribution is 2.38. The van der Waals surface area contributed by atoms with Crippen molar-refractivity contribution in [2.45, 2.75) is 32.2 Å². The van der Waals surface area contributed by atoms with Crippen LogP contribution >= 0.6 is 23.2 Å². The molecule has 0 amide bonds. The Labute approximate surface area is 164 Å². The molecule has 1 N–H and O–H groups in total. The molecule has 1 saturated heterocycles. The fraction of sp³-hybridized carbons (Fsp3) is 0.381. The van der Waals surface area contributed by atoms with E-state index in [1.165, 1.54) is 5.56 Å². The van der Waals surface area contributed by atoms with Crippen molar-refractivity contribution in [1.29, 1.82) is 0 Å². The van der Waals surface area contributed by atoms with Gasteiger partial charge in [-0.15, -0.1) is 0 Å². The highest BCUT2D eigenvalue weighted by Gasteiger charge is 2.32. The molecule has 1 heterocycles. The predicted molar refractivity (Wildman–Crippen MR) is 106 cm³/mol. The van der Waals surface area contributed by atoms with E-state index in [-0.39, 0.29) is 12.0 Å². The number of aryl methyl sites for hydroxylation is 1. The fourth-order valence-electron chi connectivity index (χ4n) is 3.70. The summed E-state index contributed by atoms with van der Waals surface area (Å²) in [5.41, 5.74) is 3.30. The highest BCUT2D eigenvalue weighted by atomic mass is 35.5. The number of aliphatic carboxylic acids is 1. The van der Waals surface area contributed by atoms with Crippen molar-refractivity contribution in [3.8, 4) is 0 Å². The Morgan fingerprint density at radius 2 is 1.96 bits per heavy atom. The van der Waals surface area contributed by atoms with Gasteiger partial charge in [-0.25, -0.2) is 0 Å². The third kappa shape index (κ3) is 4.06. The van der Waals surface area contributed by atoms with Crippen LogP contribution in [0.25, 0.3) is 0 Å². The van der Waals surface area contributed by atoms with Crippen LogP contribution in [0.4, 0.5) is 0 Å². The summed E-state index contributed by atoms with van der Waals surface area (Å²) in [4.78, 5) is 13.7. The Morgan fingerprint density at radius 3 is 2.62 bits per heavy atom. The van der Waals surface area contributed by atoms with Crippen molar-refractivity contribution >= 4 is 29.2 Å². The molecule has 5 heteroatoms. The van der Waals surface area contributed by atoms with Gasteiger partial charge < -0.3 is 5.11 Å². The molecule has 1 aliphatic rings. The molecule has 0 saturated carbocycles. The lowest BCUT2D eigenvalue weighted by molar-refractivity contribution is -0.143. The number of likely N-dealkylation sites (tertiary alicyclic amines) is 1. The molecule has 0 aromatic heterocycles. The van der Waals surface area contributed by atoms with E-state index in [9.17, 15) is 9.90 Å². The van der Waals surface area contributed by atoms with Gasteiger partial charge in [0.2, 0.25) is 0 Å². The van der Waals surface area contributed by atoms with Crippen LogP contribution in [0.15, 0.2) is 42.5 Å². The lowest BCUT2D eigenvalue weighted by atomic mass is 9.91. The van der Waals surface area contributed by atoms with Gasteiger partial charge in [0.05, 0.1) is 22.0 Å². The average Bonchev–Trinajstić information content (AvgIpc) is 2.66. The first-order valence-corrected chi connectivity index (χ1v) is 9.76. The van der Waals surface area contributed by atoms with E-state index in [1.807, 2.05) is 12.1 Å². The van der Waals surface area contributed by atoms with Crippen molar-refractivity contribution in [2.75, 3.05) is 13.1 Å². The SMILES string of the molecule is CCc1ccc(C(c2cccc(Cl)c2Cl)N2CCCC(C(=O)O)C2)cc1. The van der Waals surface area contributed by atoms with Crippen molar-refractivity contribution in [3.05, 3.63) is 69.2 Å². The van der Waals surface area contributed by atoms with E-state index in [4.69, 9.17) is 23.2 Å². The van der Waals surface area contributed by atoms with Crippen LogP contribution in [0.5, 0.6) is 0 Å². The van der Waals surface area contributed by atoms with E-state index < -0.39 is 5.97 Å². The third-order valence-corrected chi connectivity index (χ3v) is 5.98. The van der Waals surface area contributed by atoms with Crippen molar-refractivity contribution < 1.29 is 9.90 Å². The summed E-state index contributed by atoms with van der Waals surface area (Å²) >= 11 is 12.8. The number of hydrogen-bond donors (Lipinski definition) is 1. The number of piperidine rings is 1. The summed E-state index contributed by atoms with van der Waals surface area (Å²) in [6, 6.07) is 14.0. The minimum atomic E-state index is -0.730. The van der Waals surface area contributed by atoms with Crippen LogP contribution in [-0.2, 0) is 11.2 Å². The maximum atomic E-state index is 11.5. The molecule has 2 aromatic rings. The van der Waals surface area contributed by atoms with Gasteiger partial charge in [0, 0.05) is 6.54 Å². The van der Waals surface area contributed by atoms with Crippen molar-refractivity contribution in [3.63, 3.8) is 0 Å². The molecule has 1 fully saturated rings. The van der Waals surface area contributed by atoms with Gasteiger partial charge in [-0.2, -0.15) is 0 Å². The quantitative estimate of drug-likeness (QED) is 0.737. The molecule has 1 aliphatic heterocycles. The van der Waals surface area contributed by atoms with Gasteiger partial charge in [0.25, 0.3) is 0 Å². The number of rotatable bonds is 5. The second-order valence-electron chi connectivity index (χ2n) is 6.81. The fourth-order valence-corrected chi connectivity index (χ4v) is 4.11. The van der Waals surface area contributed by atoms with Crippen molar-refractivity contribution in [1.82, 2.24) is 4.90 Å². The van der Waals surface area contributed by atoms with Crippen LogP contribution in [0, 0.1) is 5.92 Å². The summed E-state index contributed by atoms with van der Waals surface area (Å²) in [7, 11) is 0. The normalized spacial score (nSPS) is 19.3. The largest absolute Gasteiger partial charge is 0.481 e. The van der Waals surface area contributed by atoms with Gasteiger partial charge in [-0.1, -0.05) is 66.5 Å². The molecule has 3 nitrogen and oxygen atoms in total. The van der Waals surface area contributed by atoms with E-state index in [2.05, 4.69) is 36.1 Å². The smallest absolute Gasteiger partial charge is 0.307 e. The zero-order valence-electron chi connectivity index (χ0n) is 14.8. The van der Waals surface area contributed by atoms with Gasteiger partial charge >= 0.3 is 5.97 Å². The Kier molecular flexibility index (Phi) is 6.23. The molecule has 26 heavy (non-hydrogen) atoms. The number of carboxylic acids is 1. The van der Waals surface area contributed by atoms with Crippen LogP contribution in [0.1, 0.15) is 42.5 Å². The third-order valence-electron chi connectivity index (χ3n) is 5.15. The highest BCUT2D eigenvalue weighted by molar-refractivity contribution is 6.42. The van der Waals surface area contributed by atoms with Gasteiger partial charge in [-0.3, -0.25) is 9.69 Å². The molecule has 2 unspecified atom stereocenters. The van der Waals surface area contributed by atoms with Crippen molar-refractivity contribution in [2.24, 2.45) is 5.92 Å². The molecule has 138 valence electrons. The monoisotopic (exact) mass is 391 g/mol. The Bertz CT molecular complexity index is 776. The summed E-state index contributed by atoms with van der Waals surface area (Å²) in [6.07, 6.45) is 2.56. The van der Waals surface area contributed by atoms with E-state index in [0.717, 1.165) is 36.9 Å². The Hall–Kier alpha value is -1.55. The average molecular weight is 392 g/mol. The maximum absolute atomic E-state index is 11.5. The number of halogens is 2. The molecule has 2 aromatic carbocycles. The molecular weight excluding hydrogens is 369 g/mol. The minimum Gasteiger partial charge on any atom is -0.481 e. The van der Waals surface area contributed by atoms with Crippen LogP contribution < -0.4 is 0 Å². The maximum Gasteiger partial charge on any atom is 0.307 e. The summed E-state index contributed by atoms with van der Waals surface area (Å²) < 4.78 is 0. The number of benzene rings is 2. The number of hydrogen-bond acceptors (Lipinski definition) is 2. The van der Waals surface area contributed by atoms with Crippen LogP contribution in [0.2, 0.25) is 10.0 Å². The molecule has 2 atom stereocenters. The molecule has 0 radical (unpaired) electrons. The Balaban J connectivity index is 2.03. The van der Waals surface area contributed by atoms with E-state index in [0.29, 0.717) is 16.6 Å². The lowest BCUT2D eigenvalue weighted by Crippen LogP contribution is -2.41. The zero-order chi connectivity index (χ0) is 18.7. The summed E-state index contributed by atoms with van der Waals surface area (Å²) in [6.45, 7) is 3.48. The number of carboxylic acid groups (broad SMARTS) is 1. The number of nitrogens with zero attached hydrogens (tertiary/aromatic N) is 1. The molecule has 0 spiro atoms. The lowest BCUT2D eigenvalue weighted by Gasteiger charge is -2.38. The van der Waals surface area contributed by atoms with Crippen LogP contribution in [-0.4, -0.2) is 29.1 Å². The summed E-state index contributed by atoms with van der Waals surface area (Å²) in [5, 5.41) is 10.5. The predicted octanol–water partition coefficient (Wildman–Crippen LogP) is 5.44. The van der Waals surface area contributed by atoms with Gasteiger partial charge in [-0.05, 0) is 48.6 Å². The first-order chi connectivity index (χ1) is 12.5. The second kappa shape index (κ2) is 8.43. The summed E-state index contributed by atoms with van der Waals surface area (Å²) in [5.74, 6) is -1.08. The van der Waals surface area contributed by atoms with E-state index in [1.54, 1.807) is 6.07 Å². The standard InChI is InChI=1S/C21H23Cl2NO2/c1-2-14-8-10-15(11-9-14)20(17-6-3-7-18(22)19(17)23)24-12-4-5-16(13-24)21(25)26/h3,6-11,16,20H,2,4-5,12-13H2,1H3,(H,25,26). The molecular formula is C21H23Cl2NO2. The molecule has 3 rings (SSSR count). The molecule has 0 bridgehead atoms. The first-order valence-electron chi connectivity index (χ1n) is 9.00. The Morgan fingerprint density at radius 1 is 1.23 bits per heavy atom. The van der Waals surface area contributed by atoms with E-state index >= 15 is 0 Å². The number of carbonyl (C=O) groups is 1. The molecule has 0 aliphatic carbocycles. The minimum absolute atomic E-state index is 0.103. The van der Waals surface area contributed by atoms with Gasteiger partial charge in [0.1, 0.15) is 0 Å². The van der Waals surface area contributed by atoms with Crippen LogP contribution in [0.3, 0.4) is 0 Å². The van der Waals surface area contributed by atoms with Gasteiger partial charge in [0.15, 0.2) is 0 Å². The first kappa shape index (κ1) is 19.2. The topological polar surface area (TPSA) is 40.5 Å². The zero-order valence-corrected chi connectivity index (χ0v) is 16.3. The second-order valence-corrected chi connectivity index (χ2v) is 7.60.